The Balaban J connectivity index is 1.88. The largest absolute Gasteiger partial charge is 0.452 e. The number of ether oxygens (including phenoxy) is 1. The highest BCUT2D eigenvalue weighted by molar-refractivity contribution is 9.10. The minimum atomic E-state index is -4.86. The Kier molecular flexibility index (Phi) is 5.92. The van der Waals surface area contributed by atoms with Crippen LogP contribution >= 0.6 is 15.9 Å². The van der Waals surface area contributed by atoms with Crippen LogP contribution in [0.5, 0.6) is 0 Å². The Hall–Kier alpha value is -2.88. The SMILES string of the molecule is O=C1CC(C(F)(F)F)N(C(=O)COC(=O)c2ccccc2Br)c2ccccc2N1. The molecular weight excluding hydrogens is 457 g/mol. The van der Waals surface area contributed by atoms with Crippen LogP contribution in [0.15, 0.2) is 53.0 Å². The molecule has 152 valence electrons. The van der Waals surface area contributed by atoms with Gasteiger partial charge in [-0.25, -0.2) is 4.79 Å². The Morgan fingerprint density at radius 1 is 1.14 bits per heavy atom. The molecule has 29 heavy (non-hydrogen) atoms. The predicted octanol–water partition coefficient (Wildman–Crippen LogP) is 3.91. The van der Waals surface area contributed by atoms with E-state index in [4.69, 9.17) is 4.74 Å². The first-order valence-electron chi connectivity index (χ1n) is 8.38. The van der Waals surface area contributed by atoms with Crippen LogP contribution < -0.4 is 10.2 Å². The molecule has 0 aliphatic carbocycles. The number of para-hydroxylation sites is 2. The molecular formula is C19H14BrF3N2O4. The van der Waals surface area contributed by atoms with Gasteiger partial charge in [-0.15, -0.1) is 0 Å². The minimum Gasteiger partial charge on any atom is -0.452 e. The zero-order valence-electron chi connectivity index (χ0n) is 14.7. The zero-order chi connectivity index (χ0) is 21.2. The van der Waals surface area contributed by atoms with Gasteiger partial charge in [0.15, 0.2) is 6.61 Å². The summed E-state index contributed by atoms with van der Waals surface area (Å²) >= 11 is 3.16. The molecule has 0 spiro atoms. The molecule has 0 saturated heterocycles. The van der Waals surface area contributed by atoms with Gasteiger partial charge in [0.25, 0.3) is 5.91 Å². The maximum absolute atomic E-state index is 13.6. The van der Waals surface area contributed by atoms with E-state index in [0.29, 0.717) is 9.37 Å². The quantitative estimate of drug-likeness (QED) is 0.690. The van der Waals surface area contributed by atoms with Gasteiger partial charge in [-0.05, 0) is 40.2 Å². The van der Waals surface area contributed by atoms with E-state index in [-0.39, 0.29) is 16.9 Å². The summed E-state index contributed by atoms with van der Waals surface area (Å²) in [4.78, 5) is 37.3. The number of nitrogens with zero attached hydrogens (tertiary/aromatic N) is 1. The predicted molar refractivity (Wildman–Crippen MR) is 101 cm³/mol. The lowest BCUT2D eigenvalue weighted by atomic mass is 10.1. The summed E-state index contributed by atoms with van der Waals surface area (Å²) in [6.45, 7) is -0.921. The van der Waals surface area contributed by atoms with Crippen molar-refractivity contribution in [2.75, 3.05) is 16.8 Å². The molecule has 0 fully saturated rings. The summed E-state index contributed by atoms with van der Waals surface area (Å²) in [6, 6.07) is 9.51. The summed E-state index contributed by atoms with van der Waals surface area (Å²) in [5, 5.41) is 2.36. The topological polar surface area (TPSA) is 75.7 Å². The third kappa shape index (κ3) is 4.58. The van der Waals surface area contributed by atoms with Crippen molar-refractivity contribution in [3.63, 3.8) is 0 Å². The second-order valence-electron chi connectivity index (χ2n) is 6.15. The number of hydrogen-bond acceptors (Lipinski definition) is 4. The molecule has 0 saturated carbocycles. The maximum Gasteiger partial charge on any atom is 0.409 e. The number of alkyl halides is 3. The van der Waals surface area contributed by atoms with E-state index in [9.17, 15) is 27.6 Å². The van der Waals surface area contributed by atoms with Crippen LogP contribution in [0.4, 0.5) is 24.5 Å². The first-order chi connectivity index (χ1) is 13.7. The van der Waals surface area contributed by atoms with E-state index in [0.717, 1.165) is 0 Å². The van der Waals surface area contributed by atoms with E-state index in [1.54, 1.807) is 18.2 Å². The monoisotopic (exact) mass is 470 g/mol. The van der Waals surface area contributed by atoms with Gasteiger partial charge in [0, 0.05) is 4.47 Å². The van der Waals surface area contributed by atoms with Gasteiger partial charge in [-0.2, -0.15) is 13.2 Å². The van der Waals surface area contributed by atoms with Crippen molar-refractivity contribution in [3.8, 4) is 0 Å². The van der Waals surface area contributed by atoms with Crippen molar-refractivity contribution in [1.82, 2.24) is 0 Å². The van der Waals surface area contributed by atoms with Crippen molar-refractivity contribution in [3.05, 3.63) is 58.6 Å². The van der Waals surface area contributed by atoms with Crippen molar-refractivity contribution in [2.24, 2.45) is 0 Å². The highest BCUT2D eigenvalue weighted by atomic mass is 79.9. The fraction of sp³-hybridized carbons (Fsp3) is 0.211. The minimum absolute atomic E-state index is 0.0646. The average molecular weight is 471 g/mol. The normalized spacial score (nSPS) is 16.5. The zero-order valence-corrected chi connectivity index (χ0v) is 16.3. The average Bonchev–Trinajstić information content (AvgIpc) is 2.81. The van der Waals surface area contributed by atoms with E-state index < -0.39 is 43.0 Å². The van der Waals surface area contributed by atoms with Crippen molar-refractivity contribution in [1.29, 1.82) is 0 Å². The van der Waals surface area contributed by atoms with Crippen LogP contribution in [0.1, 0.15) is 16.8 Å². The standard InChI is InChI=1S/C19H14BrF3N2O4/c20-12-6-2-1-5-11(12)18(28)29-10-17(27)25-14-8-4-3-7-13(14)24-16(26)9-15(25)19(21,22)23/h1-8,15H,9-10H2,(H,24,26). The maximum atomic E-state index is 13.6. The van der Waals surface area contributed by atoms with Crippen molar-refractivity contribution >= 4 is 45.1 Å². The molecule has 1 heterocycles. The van der Waals surface area contributed by atoms with Crippen molar-refractivity contribution in [2.45, 2.75) is 18.6 Å². The van der Waals surface area contributed by atoms with Gasteiger partial charge >= 0.3 is 12.1 Å². The number of anilines is 2. The fourth-order valence-electron chi connectivity index (χ4n) is 2.90. The number of esters is 1. The Bertz CT molecular complexity index is 964. The molecule has 1 atom stereocenters. The number of rotatable bonds is 3. The number of carbonyl (C=O) groups is 3. The molecule has 1 aliphatic heterocycles. The Morgan fingerprint density at radius 3 is 2.48 bits per heavy atom. The van der Waals surface area contributed by atoms with Gasteiger partial charge in [-0.1, -0.05) is 24.3 Å². The summed E-state index contributed by atoms with van der Waals surface area (Å²) in [6.07, 6.45) is -5.83. The lowest BCUT2D eigenvalue weighted by Crippen LogP contribution is -2.51. The number of fused-ring (bicyclic) bond motifs is 1. The smallest absolute Gasteiger partial charge is 0.409 e. The summed E-state index contributed by atoms with van der Waals surface area (Å²) in [5.74, 6) is -2.84. The third-order valence-corrected chi connectivity index (χ3v) is 4.89. The highest BCUT2D eigenvalue weighted by Crippen LogP contribution is 2.37. The molecule has 1 aliphatic rings. The molecule has 10 heteroatoms. The van der Waals surface area contributed by atoms with Crippen LogP contribution in [0.3, 0.4) is 0 Å². The molecule has 0 bridgehead atoms. The van der Waals surface area contributed by atoms with Crippen LogP contribution in [0, 0.1) is 0 Å². The molecule has 2 aromatic rings. The van der Waals surface area contributed by atoms with Crippen LogP contribution in [0.25, 0.3) is 0 Å². The second kappa shape index (κ2) is 8.24. The molecule has 6 nitrogen and oxygen atoms in total. The molecule has 2 aromatic carbocycles. The number of hydrogen-bond donors (Lipinski definition) is 1. The van der Waals surface area contributed by atoms with Gasteiger partial charge in [0.05, 0.1) is 23.4 Å². The number of amides is 2. The number of benzene rings is 2. The molecule has 0 radical (unpaired) electrons. The summed E-state index contributed by atoms with van der Waals surface area (Å²) in [5.41, 5.74) is 0.0677. The van der Waals surface area contributed by atoms with Gasteiger partial charge in [-0.3, -0.25) is 14.5 Å². The number of nitrogens with one attached hydrogen (secondary N) is 1. The van der Waals surface area contributed by atoms with E-state index >= 15 is 0 Å². The van der Waals surface area contributed by atoms with Gasteiger partial charge in [0.2, 0.25) is 5.91 Å². The number of carbonyl (C=O) groups excluding carboxylic acids is 3. The van der Waals surface area contributed by atoms with Crippen LogP contribution in [-0.2, 0) is 14.3 Å². The first-order valence-corrected chi connectivity index (χ1v) is 9.17. The molecule has 0 aromatic heterocycles. The molecule has 3 rings (SSSR count). The Labute approximate surface area is 171 Å². The first kappa shape index (κ1) is 20.8. The van der Waals surface area contributed by atoms with Crippen LogP contribution in [-0.4, -0.2) is 36.6 Å². The Morgan fingerprint density at radius 2 is 1.79 bits per heavy atom. The highest BCUT2D eigenvalue weighted by Gasteiger charge is 2.49. The summed E-state index contributed by atoms with van der Waals surface area (Å²) < 4.78 is 46.2. The fourth-order valence-corrected chi connectivity index (χ4v) is 3.34. The third-order valence-electron chi connectivity index (χ3n) is 4.20. The van der Waals surface area contributed by atoms with E-state index in [1.807, 2.05) is 0 Å². The summed E-state index contributed by atoms with van der Waals surface area (Å²) in [7, 11) is 0. The lowest BCUT2D eigenvalue weighted by molar-refractivity contribution is -0.158. The lowest BCUT2D eigenvalue weighted by Gasteiger charge is -2.31. The number of halogens is 4. The van der Waals surface area contributed by atoms with Gasteiger partial charge in [0.1, 0.15) is 6.04 Å². The molecule has 1 N–H and O–H groups in total. The van der Waals surface area contributed by atoms with Gasteiger partial charge < -0.3 is 10.1 Å². The molecule has 1 unspecified atom stereocenters. The van der Waals surface area contributed by atoms with E-state index in [2.05, 4.69) is 21.2 Å². The van der Waals surface area contributed by atoms with E-state index in [1.165, 1.54) is 30.3 Å². The second-order valence-corrected chi connectivity index (χ2v) is 7.00. The van der Waals surface area contributed by atoms with Crippen LogP contribution in [0.2, 0.25) is 0 Å². The molecule has 2 amide bonds. The van der Waals surface area contributed by atoms with Crippen molar-refractivity contribution < 1.29 is 32.3 Å².